The third-order valence-electron chi connectivity index (χ3n) is 5.86. The van der Waals surface area contributed by atoms with Gasteiger partial charge in [0.15, 0.2) is 6.61 Å². The van der Waals surface area contributed by atoms with Gasteiger partial charge in [-0.1, -0.05) is 6.92 Å². The molecule has 0 aromatic heterocycles. The van der Waals surface area contributed by atoms with Crippen molar-refractivity contribution in [3.05, 3.63) is 0 Å². The van der Waals surface area contributed by atoms with Crippen LogP contribution in [0.4, 0.5) is 0 Å². The maximum Gasteiger partial charge on any atom is 0.344 e. The number of carbonyl (C=O) groups excluding carboxylic acids is 2. The van der Waals surface area contributed by atoms with E-state index in [1.807, 2.05) is 0 Å². The first-order valence-electron chi connectivity index (χ1n) is 8.05. The summed E-state index contributed by atoms with van der Waals surface area (Å²) in [5.74, 6) is 1.30. The number of rotatable bonds is 5. The lowest BCUT2D eigenvalue weighted by Crippen LogP contribution is -2.59. The van der Waals surface area contributed by atoms with E-state index in [0.717, 1.165) is 18.3 Å². The Bertz CT molecular complexity index is 402. The minimum atomic E-state index is -0.789. The van der Waals surface area contributed by atoms with E-state index in [1.165, 1.54) is 32.1 Å². The molecule has 4 aliphatic rings. The van der Waals surface area contributed by atoms with Crippen LogP contribution in [-0.2, 0) is 19.1 Å². The largest absolute Gasteiger partial charge is 0.456 e. The quantitative estimate of drug-likeness (QED) is 0.781. The predicted molar refractivity (Wildman–Crippen MR) is 74.2 cm³/mol. The normalized spacial score (nSPS) is 40.1. The van der Waals surface area contributed by atoms with Gasteiger partial charge in [-0.15, -0.1) is 0 Å². The average molecular weight is 296 g/mol. The van der Waals surface area contributed by atoms with Crippen LogP contribution in [0, 0.1) is 23.7 Å². The molecule has 5 nitrogen and oxygen atoms in total. The molecule has 0 unspecified atom stereocenters. The highest BCUT2D eigenvalue weighted by atomic mass is 16.6. The van der Waals surface area contributed by atoms with Crippen LogP contribution in [0.15, 0.2) is 0 Å². The van der Waals surface area contributed by atoms with Crippen molar-refractivity contribution in [1.82, 2.24) is 0 Å². The Hall–Kier alpha value is -1.10. The lowest BCUT2D eigenvalue weighted by molar-refractivity contribution is -0.214. The van der Waals surface area contributed by atoms with Gasteiger partial charge in [-0.05, 0) is 62.2 Å². The van der Waals surface area contributed by atoms with Gasteiger partial charge in [0.2, 0.25) is 0 Å². The van der Waals surface area contributed by atoms with Crippen molar-refractivity contribution >= 4 is 11.9 Å². The topological polar surface area (TPSA) is 72.8 Å². The molecule has 4 saturated carbocycles. The summed E-state index contributed by atoms with van der Waals surface area (Å²) >= 11 is 0. The Morgan fingerprint density at radius 2 is 1.62 bits per heavy atom. The molecule has 0 aliphatic heterocycles. The lowest BCUT2D eigenvalue weighted by atomic mass is 9.49. The van der Waals surface area contributed by atoms with Gasteiger partial charge in [-0.25, -0.2) is 9.59 Å². The Balaban J connectivity index is 1.67. The number of ether oxygens (including phenoxy) is 2. The summed E-state index contributed by atoms with van der Waals surface area (Å²) in [6.07, 6.45) is 6.88. The smallest absolute Gasteiger partial charge is 0.344 e. The predicted octanol–water partition coefficient (Wildman–Crippen LogP) is 1.67. The summed E-state index contributed by atoms with van der Waals surface area (Å²) in [7, 11) is 0. The van der Waals surface area contributed by atoms with Crippen LogP contribution in [0.2, 0.25) is 0 Å². The summed E-state index contributed by atoms with van der Waals surface area (Å²) in [5.41, 5.74) is -0.351. The molecule has 0 amide bonds. The van der Waals surface area contributed by atoms with E-state index in [0.29, 0.717) is 11.8 Å². The molecule has 1 N–H and O–H groups in total. The number of hydrogen-bond acceptors (Lipinski definition) is 5. The molecule has 4 bridgehead atoms. The molecule has 0 saturated heterocycles. The Morgan fingerprint density at radius 3 is 2.10 bits per heavy atom. The minimum absolute atomic E-state index is 0.351. The molecule has 0 atom stereocenters. The van der Waals surface area contributed by atoms with Crippen molar-refractivity contribution in [1.29, 1.82) is 0 Å². The average Bonchev–Trinajstić information content (AvgIpc) is 2.48. The van der Waals surface area contributed by atoms with E-state index >= 15 is 0 Å². The van der Waals surface area contributed by atoms with Crippen molar-refractivity contribution in [2.75, 3.05) is 13.2 Å². The van der Waals surface area contributed by atoms with E-state index in [4.69, 9.17) is 9.84 Å². The molecular formula is C16H24O5. The zero-order valence-corrected chi connectivity index (χ0v) is 12.5. The van der Waals surface area contributed by atoms with Crippen LogP contribution in [-0.4, -0.2) is 35.9 Å². The van der Waals surface area contributed by atoms with Gasteiger partial charge >= 0.3 is 11.9 Å². The lowest BCUT2D eigenvalue weighted by Gasteiger charge is -2.60. The molecule has 0 spiro atoms. The van der Waals surface area contributed by atoms with E-state index in [2.05, 4.69) is 11.7 Å². The van der Waals surface area contributed by atoms with Crippen LogP contribution < -0.4 is 0 Å². The van der Waals surface area contributed by atoms with Gasteiger partial charge in [0.1, 0.15) is 12.2 Å². The third-order valence-corrected chi connectivity index (χ3v) is 5.86. The zero-order valence-electron chi connectivity index (χ0n) is 12.5. The van der Waals surface area contributed by atoms with Crippen LogP contribution in [0.5, 0.6) is 0 Å². The SMILES string of the molecule is CCC1(OC(=O)COC(=O)CO)C2CC3CC(C2)CC1C3. The maximum absolute atomic E-state index is 12.0. The van der Waals surface area contributed by atoms with Gasteiger partial charge in [-0.2, -0.15) is 0 Å². The second kappa shape index (κ2) is 5.59. The molecule has 4 rings (SSSR count). The summed E-state index contributed by atoms with van der Waals surface area (Å²) in [4.78, 5) is 23.0. The summed E-state index contributed by atoms with van der Waals surface area (Å²) in [5, 5.41) is 8.60. The Labute approximate surface area is 125 Å². The highest BCUT2D eigenvalue weighted by molar-refractivity contribution is 5.77. The first-order chi connectivity index (χ1) is 10.1. The molecule has 21 heavy (non-hydrogen) atoms. The number of aliphatic hydroxyl groups excluding tert-OH is 1. The molecule has 0 heterocycles. The molecule has 0 aromatic carbocycles. The molecule has 4 fully saturated rings. The highest BCUT2D eigenvalue weighted by Crippen LogP contribution is 2.60. The third kappa shape index (κ3) is 2.56. The monoisotopic (exact) mass is 296 g/mol. The van der Waals surface area contributed by atoms with Crippen molar-refractivity contribution in [3.8, 4) is 0 Å². The molecule has 0 aromatic rings. The van der Waals surface area contributed by atoms with Crippen molar-refractivity contribution in [2.24, 2.45) is 23.7 Å². The van der Waals surface area contributed by atoms with Crippen LogP contribution in [0.25, 0.3) is 0 Å². The van der Waals surface area contributed by atoms with E-state index in [-0.39, 0.29) is 5.60 Å². The summed E-state index contributed by atoms with van der Waals surface area (Å²) in [6, 6.07) is 0. The fourth-order valence-corrected chi connectivity index (χ4v) is 5.22. The van der Waals surface area contributed by atoms with Crippen molar-refractivity contribution < 1.29 is 24.2 Å². The fraction of sp³-hybridized carbons (Fsp3) is 0.875. The summed E-state index contributed by atoms with van der Waals surface area (Å²) < 4.78 is 10.5. The van der Waals surface area contributed by atoms with Gasteiger partial charge in [0.25, 0.3) is 0 Å². The zero-order chi connectivity index (χ0) is 15.0. The molecule has 0 radical (unpaired) electrons. The first kappa shape index (κ1) is 14.8. The van der Waals surface area contributed by atoms with Gasteiger partial charge in [0.05, 0.1) is 0 Å². The van der Waals surface area contributed by atoms with Gasteiger partial charge in [-0.3, -0.25) is 0 Å². The van der Waals surface area contributed by atoms with E-state index in [9.17, 15) is 9.59 Å². The molecule has 118 valence electrons. The highest BCUT2D eigenvalue weighted by Gasteiger charge is 2.58. The standard InChI is InChI=1S/C16H24O5/c1-2-16(21-15(19)9-20-14(18)8-17)12-4-10-3-11(6-12)7-13(16)5-10/h10-13,17H,2-9H2,1H3. The number of carbonyl (C=O) groups is 2. The van der Waals surface area contributed by atoms with Gasteiger partial charge < -0.3 is 14.6 Å². The van der Waals surface area contributed by atoms with Gasteiger partial charge in [0, 0.05) is 0 Å². The molecule has 4 aliphatic carbocycles. The van der Waals surface area contributed by atoms with Crippen LogP contribution in [0.3, 0.4) is 0 Å². The second-order valence-corrected chi connectivity index (χ2v) is 6.91. The Kier molecular flexibility index (Phi) is 3.95. The van der Waals surface area contributed by atoms with Crippen molar-refractivity contribution in [2.45, 2.75) is 51.0 Å². The number of esters is 2. The number of hydrogen-bond donors (Lipinski definition) is 1. The maximum atomic E-state index is 12.0. The fourth-order valence-electron chi connectivity index (χ4n) is 5.22. The van der Waals surface area contributed by atoms with Crippen LogP contribution >= 0.6 is 0 Å². The molecular weight excluding hydrogens is 272 g/mol. The van der Waals surface area contributed by atoms with Crippen molar-refractivity contribution in [3.63, 3.8) is 0 Å². The van der Waals surface area contributed by atoms with Crippen LogP contribution in [0.1, 0.15) is 45.4 Å². The van der Waals surface area contributed by atoms with E-state index in [1.54, 1.807) is 0 Å². The van der Waals surface area contributed by atoms with E-state index < -0.39 is 25.2 Å². The second-order valence-electron chi connectivity index (χ2n) is 6.91. The number of aliphatic hydroxyl groups is 1. The minimum Gasteiger partial charge on any atom is -0.456 e. The first-order valence-corrected chi connectivity index (χ1v) is 8.05. The molecule has 5 heteroatoms. The Morgan fingerprint density at radius 1 is 1.05 bits per heavy atom. The summed E-state index contributed by atoms with van der Waals surface area (Å²) in [6.45, 7) is 0.990.